The first-order chi connectivity index (χ1) is 8.28. The molecule has 1 aromatic rings. The first kappa shape index (κ1) is 12.7. The van der Waals surface area contributed by atoms with Gasteiger partial charge in [0.15, 0.2) is 0 Å². The second-order valence-electron chi connectivity index (χ2n) is 5.04. The molecule has 1 N–H and O–H groups in total. The van der Waals surface area contributed by atoms with Gasteiger partial charge in [0.2, 0.25) is 0 Å². The van der Waals surface area contributed by atoms with Crippen molar-refractivity contribution < 1.29 is 0 Å². The van der Waals surface area contributed by atoms with Gasteiger partial charge in [-0.05, 0) is 36.8 Å². The first-order valence-corrected chi connectivity index (χ1v) is 7.01. The molecular weight excluding hydrogens is 232 g/mol. The normalized spacial score (nSPS) is 24.6. The highest BCUT2D eigenvalue weighted by Gasteiger charge is 2.19. The number of aromatic nitrogens is 1. The minimum Gasteiger partial charge on any atom is -0.370 e. The van der Waals surface area contributed by atoms with Crippen molar-refractivity contribution in [3.63, 3.8) is 0 Å². The Hall–Kier alpha value is -0.760. The molecule has 0 aromatic carbocycles. The molecule has 1 heterocycles. The van der Waals surface area contributed by atoms with Crippen LogP contribution >= 0.6 is 11.6 Å². The van der Waals surface area contributed by atoms with E-state index in [4.69, 9.17) is 11.6 Å². The third-order valence-corrected chi connectivity index (χ3v) is 4.07. The lowest BCUT2D eigenvalue weighted by Gasteiger charge is -2.27. The van der Waals surface area contributed by atoms with Crippen molar-refractivity contribution in [2.45, 2.75) is 39.0 Å². The monoisotopic (exact) mass is 252 g/mol. The van der Waals surface area contributed by atoms with Crippen LogP contribution in [-0.4, -0.2) is 11.5 Å². The predicted molar refractivity (Wildman–Crippen MR) is 73.5 cm³/mol. The molecule has 0 spiro atoms. The number of nitrogens with zero attached hydrogens (tertiary/aromatic N) is 1. The summed E-state index contributed by atoms with van der Waals surface area (Å²) in [5.41, 5.74) is 0. The Labute approximate surface area is 109 Å². The van der Waals surface area contributed by atoms with Gasteiger partial charge in [-0.3, -0.25) is 0 Å². The molecule has 0 saturated heterocycles. The summed E-state index contributed by atoms with van der Waals surface area (Å²) in [6.45, 7) is 3.35. The van der Waals surface area contributed by atoms with Gasteiger partial charge < -0.3 is 5.32 Å². The summed E-state index contributed by atoms with van der Waals surface area (Å²) < 4.78 is 0. The van der Waals surface area contributed by atoms with Crippen LogP contribution in [0.5, 0.6) is 0 Å². The van der Waals surface area contributed by atoms with Crippen LogP contribution in [0.3, 0.4) is 0 Å². The highest BCUT2D eigenvalue weighted by Crippen LogP contribution is 2.30. The number of halogens is 1. The molecule has 1 aromatic heterocycles. The van der Waals surface area contributed by atoms with Gasteiger partial charge in [0.1, 0.15) is 5.82 Å². The first-order valence-electron chi connectivity index (χ1n) is 6.63. The zero-order valence-corrected chi connectivity index (χ0v) is 11.2. The largest absolute Gasteiger partial charge is 0.370 e. The fraction of sp³-hybridized carbons (Fsp3) is 0.643. The maximum absolute atomic E-state index is 5.80. The van der Waals surface area contributed by atoms with Crippen molar-refractivity contribution in [3.8, 4) is 0 Å². The molecule has 0 unspecified atom stereocenters. The van der Waals surface area contributed by atoms with Gasteiger partial charge in [-0.15, -0.1) is 0 Å². The molecule has 0 aliphatic heterocycles. The zero-order valence-electron chi connectivity index (χ0n) is 10.5. The number of hydrogen-bond donors (Lipinski definition) is 1. The lowest BCUT2D eigenvalue weighted by Crippen LogP contribution is -2.21. The average Bonchev–Trinajstić information content (AvgIpc) is 2.39. The molecule has 17 heavy (non-hydrogen) atoms. The van der Waals surface area contributed by atoms with Gasteiger partial charge in [0, 0.05) is 12.7 Å². The number of hydrogen-bond acceptors (Lipinski definition) is 2. The summed E-state index contributed by atoms with van der Waals surface area (Å²) in [6.07, 6.45) is 8.56. The van der Waals surface area contributed by atoms with Crippen molar-refractivity contribution in [2.75, 3.05) is 11.9 Å². The van der Waals surface area contributed by atoms with Crippen LogP contribution in [0.2, 0.25) is 5.02 Å². The van der Waals surface area contributed by atoms with E-state index < -0.39 is 0 Å². The third kappa shape index (κ3) is 3.88. The highest BCUT2D eigenvalue weighted by molar-refractivity contribution is 6.30. The summed E-state index contributed by atoms with van der Waals surface area (Å²) >= 11 is 5.80. The molecule has 2 nitrogen and oxygen atoms in total. The molecule has 2 rings (SSSR count). The van der Waals surface area contributed by atoms with Gasteiger partial charge in [-0.1, -0.05) is 37.8 Å². The van der Waals surface area contributed by atoms with E-state index in [0.29, 0.717) is 5.02 Å². The third-order valence-electron chi connectivity index (χ3n) is 3.84. The maximum Gasteiger partial charge on any atom is 0.125 e. The summed E-state index contributed by atoms with van der Waals surface area (Å²) in [7, 11) is 0. The smallest absolute Gasteiger partial charge is 0.125 e. The van der Waals surface area contributed by atoms with E-state index in [0.717, 1.165) is 24.2 Å². The Bertz CT molecular complexity index is 329. The van der Waals surface area contributed by atoms with Gasteiger partial charge in [-0.25, -0.2) is 4.98 Å². The van der Waals surface area contributed by atoms with E-state index in [9.17, 15) is 0 Å². The zero-order chi connectivity index (χ0) is 12.1. The fourth-order valence-electron chi connectivity index (χ4n) is 2.57. The molecule has 0 amide bonds. The van der Waals surface area contributed by atoms with Gasteiger partial charge in [0.05, 0.1) is 5.02 Å². The number of nitrogens with one attached hydrogen (secondary N) is 1. The fourth-order valence-corrected chi connectivity index (χ4v) is 2.68. The average molecular weight is 253 g/mol. The van der Waals surface area contributed by atoms with Crippen LogP contribution in [0.25, 0.3) is 0 Å². The van der Waals surface area contributed by atoms with Crippen molar-refractivity contribution in [1.82, 2.24) is 4.98 Å². The summed E-state index contributed by atoms with van der Waals surface area (Å²) in [4.78, 5) is 4.25. The number of pyridine rings is 1. The SMILES string of the molecule is CCC1CCC(CNc2ccc(Cl)cn2)CC1. The molecule has 1 saturated carbocycles. The Morgan fingerprint density at radius 2 is 1.94 bits per heavy atom. The van der Waals surface area contributed by atoms with Crippen LogP contribution in [0.15, 0.2) is 18.3 Å². The Morgan fingerprint density at radius 3 is 2.53 bits per heavy atom. The Kier molecular flexibility index (Phi) is 4.66. The second kappa shape index (κ2) is 6.25. The molecule has 0 radical (unpaired) electrons. The van der Waals surface area contributed by atoms with E-state index in [1.807, 2.05) is 12.1 Å². The van der Waals surface area contributed by atoms with E-state index in [2.05, 4.69) is 17.2 Å². The molecule has 3 heteroatoms. The second-order valence-corrected chi connectivity index (χ2v) is 5.47. The molecule has 94 valence electrons. The lowest BCUT2D eigenvalue weighted by molar-refractivity contribution is 0.278. The Balaban J connectivity index is 1.74. The summed E-state index contributed by atoms with van der Waals surface area (Å²) in [5.74, 6) is 2.72. The van der Waals surface area contributed by atoms with Crippen molar-refractivity contribution in [1.29, 1.82) is 0 Å². The lowest BCUT2D eigenvalue weighted by atomic mass is 9.81. The Morgan fingerprint density at radius 1 is 1.24 bits per heavy atom. The summed E-state index contributed by atoms with van der Waals surface area (Å²) in [5, 5.41) is 4.10. The van der Waals surface area contributed by atoms with E-state index in [-0.39, 0.29) is 0 Å². The van der Waals surface area contributed by atoms with Crippen LogP contribution in [0.1, 0.15) is 39.0 Å². The van der Waals surface area contributed by atoms with Crippen molar-refractivity contribution >= 4 is 17.4 Å². The van der Waals surface area contributed by atoms with Crippen molar-refractivity contribution in [2.24, 2.45) is 11.8 Å². The van der Waals surface area contributed by atoms with E-state index in [1.54, 1.807) is 6.20 Å². The predicted octanol–water partition coefficient (Wildman–Crippen LogP) is 4.36. The molecular formula is C14H21ClN2. The minimum atomic E-state index is 0.694. The van der Waals surface area contributed by atoms with Gasteiger partial charge in [0.25, 0.3) is 0 Å². The van der Waals surface area contributed by atoms with Gasteiger partial charge >= 0.3 is 0 Å². The number of anilines is 1. The summed E-state index contributed by atoms with van der Waals surface area (Å²) in [6, 6.07) is 3.82. The van der Waals surface area contributed by atoms with E-state index >= 15 is 0 Å². The maximum atomic E-state index is 5.80. The number of rotatable bonds is 4. The molecule has 0 bridgehead atoms. The van der Waals surface area contributed by atoms with E-state index in [1.165, 1.54) is 32.1 Å². The van der Waals surface area contributed by atoms with Crippen molar-refractivity contribution in [3.05, 3.63) is 23.4 Å². The van der Waals surface area contributed by atoms with Crippen LogP contribution in [0, 0.1) is 11.8 Å². The molecule has 1 fully saturated rings. The van der Waals surface area contributed by atoms with Gasteiger partial charge in [-0.2, -0.15) is 0 Å². The minimum absolute atomic E-state index is 0.694. The van der Waals surface area contributed by atoms with Crippen LogP contribution < -0.4 is 5.32 Å². The molecule has 1 aliphatic rings. The highest BCUT2D eigenvalue weighted by atomic mass is 35.5. The standard InChI is InChI=1S/C14H21ClN2/c1-2-11-3-5-12(6-4-11)9-16-14-8-7-13(15)10-17-14/h7-8,10-12H,2-6,9H2,1H3,(H,16,17). The topological polar surface area (TPSA) is 24.9 Å². The molecule has 1 aliphatic carbocycles. The quantitative estimate of drug-likeness (QED) is 0.861. The molecule has 0 atom stereocenters. The van der Waals surface area contributed by atoms with Crippen LogP contribution in [0.4, 0.5) is 5.82 Å². The van der Waals surface area contributed by atoms with Crippen LogP contribution in [-0.2, 0) is 0 Å².